The second-order valence-corrected chi connectivity index (χ2v) is 6.88. The number of aromatic nitrogens is 1. The molecule has 2 aliphatic heterocycles. The van der Waals surface area contributed by atoms with E-state index >= 15 is 0 Å². The van der Waals surface area contributed by atoms with Gasteiger partial charge in [-0.15, -0.1) is 0 Å². The van der Waals surface area contributed by atoms with E-state index < -0.39 is 0 Å². The van der Waals surface area contributed by atoms with Gasteiger partial charge in [0.05, 0.1) is 5.56 Å². The van der Waals surface area contributed by atoms with Crippen LogP contribution in [0.15, 0.2) is 16.7 Å². The third-order valence-corrected chi connectivity index (χ3v) is 4.85. The van der Waals surface area contributed by atoms with Gasteiger partial charge in [-0.2, -0.15) is 0 Å². The van der Waals surface area contributed by atoms with Gasteiger partial charge in [0.25, 0.3) is 11.8 Å². The summed E-state index contributed by atoms with van der Waals surface area (Å²) in [6, 6.07) is 1.67. The molecule has 124 valence electrons. The first-order chi connectivity index (χ1) is 11.1. The van der Waals surface area contributed by atoms with Crippen molar-refractivity contribution in [1.82, 2.24) is 14.8 Å². The molecule has 8 heteroatoms. The Labute approximate surface area is 147 Å². The molecular formula is C15H17BrClN3O3. The van der Waals surface area contributed by atoms with Crippen molar-refractivity contribution in [2.24, 2.45) is 0 Å². The largest absolute Gasteiger partial charge is 0.368 e. The lowest BCUT2D eigenvalue weighted by Crippen LogP contribution is -2.52. The third-order valence-electron chi connectivity index (χ3n) is 4.12. The monoisotopic (exact) mass is 401 g/mol. The van der Waals surface area contributed by atoms with Crippen LogP contribution in [0, 0.1) is 0 Å². The first-order valence-corrected chi connectivity index (χ1v) is 8.74. The van der Waals surface area contributed by atoms with Gasteiger partial charge in [0.2, 0.25) is 0 Å². The maximum Gasteiger partial charge on any atom is 0.257 e. The highest BCUT2D eigenvalue weighted by Crippen LogP contribution is 2.21. The van der Waals surface area contributed by atoms with Gasteiger partial charge in [0.1, 0.15) is 11.3 Å². The second-order valence-electron chi connectivity index (χ2n) is 5.61. The molecule has 1 atom stereocenters. The lowest BCUT2D eigenvalue weighted by molar-refractivity contribution is -0.142. The number of piperazine rings is 1. The quantitative estimate of drug-likeness (QED) is 0.710. The molecule has 2 amide bonds. The lowest BCUT2D eigenvalue weighted by atomic mass is 10.2. The van der Waals surface area contributed by atoms with Crippen molar-refractivity contribution < 1.29 is 14.3 Å². The Morgan fingerprint density at radius 3 is 2.61 bits per heavy atom. The van der Waals surface area contributed by atoms with Crippen LogP contribution in [0.25, 0.3) is 0 Å². The second kappa shape index (κ2) is 7.15. The van der Waals surface area contributed by atoms with Crippen LogP contribution in [0.1, 0.15) is 23.2 Å². The van der Waals surface area contributed by atoms with E-state index in [1.807, 2.05) is 0 Å². The zero-order valence-electron chi connectivity index (χ0n) is 12.5. The van der Waals surface area contributed by atoms with Crippen LogP contribution in [0.2, 0.25) is 5.15 Å². The molecule has 0 saturated carbocycles. The fourth-order valence-corrected chi connectivity index (χ4v) is 3.36. The van der Waals surface area contributed by atoms with Gasteiger partial charge < -0.3 is 14.5 Å². The van der Waals surface area contributed by atoms with E-state index in [1.54, 1.807) is 22.1 Å². The summed E-state index contributed by atoms with van der Waals surface area (Å²) in [6.07, 6.45) is 2.97. The van der Waals surface area contributed by atoms with Gasteiger partial charge in [-0.05, 0) is 34.8 Å². The van der Waals surface area contributed by atoms with Gasteiger partial charge in [0.15, 0.2) is 0 Å². The minimum atomic E-state index is -0.305. The summed E-state index contributed by atoms with van der Waals surface area (Å²) >= 11 is 9.31. The summed E-state index contributed by atoms with van der Waals surface area (Å²) in [6.45, 7) is 2.66. The normalized spacial score (nSPS) is 21.6. The molecule has 0 N–H and O–H groups in total. The molecular weight excluding hydrogens is 386 g/mol. The zero-order valence-corrected chi connectivity index (χ0v) is 14.8. The van der Waals surface area contributed by atoms with Crippen LogP contribution in [-0.4, -0.2) is 65.5 Å². The van der Waals surface area contributed by atoms with Crippen molar-refractivity contribution in [3.63, 3.8) is 0 Å². The molecule has 2 fully saturated rings. The Kier molecular flexibility index (Phi) is 5.18. The molecule has 0 bridgehead atoms. The molecule has 23 heavy (non-hydrogen) atoms. The Morgan fingerprint density at radius 1 is 1.26 bits per heavy atom. The zero-order chi connectivity index (χ0) is 16.4. The molecule has 1 aromatic rings. The van der Waals surface area contributed by atoms with Crippen molar-refractivity contribution in [3.05, 3.63) is 27.5 Å². The van der Waals surface area contributed by atoms with Crippen LogP contribution < -0.4 is 0 Å². The molecule has 3 rings (SSSR count). The fraction of sp³-hybridized carbons (Fsp3) is 0.533. The minimum absolute atomic E-state index is 0.0387. The minimum Gasteiger partial charge on any atom is -0.368 e. The molecule has 0 aromatic carbocycles. The molecule has 3 heterocycles. The number of ether oxygens (including phenoxy) is 1. The topological polar surface area (TPSA) is 62.7 Å². The van der Waals surface area contributed by atoms with E-state index in [0.717, 1.165) is 12.8 Å². The average molecular weight is 403 g/mol. The van der Waals surface area contributed by atoms with Crippen LogP contribution in [0.4, 0.5) is 0 Å². The summed E-state index contributed by atoms with van der Waals surface area (Å²) < 4.78 is 6.14. The van der Waals surface area contributed by atoms with Crippen LogP contribution in [0.5, 0.6) is 0 Å². The average Bonchev–Trinajstić information content (AvgIpc) is 3.10. The molecule has 2 aliphatic rings. The third kappa shape index (κ3) is 3.67. The van der Waals surface area contributed by atoms with Crippen molar-refractivity contribution in [3.8, 4) is 0 Å². The number of halogens is 2. The first-order valence-electron chi connectivity index (χ1n) is 7.57. The maximum atomic E-state index is 12.6. The first kappa shape index (κ1) is 16.7. The standard InChI is InChI=1S/C15H17BrClN3O3/c16-10-8-11(13(17)18-9-10)14(21)19-3-5-20(6-4-19)15(22)12-2-1-7-23-12/h8-9,12H,1-7H2. The number of amides is 2. The molecule has 0 spiro atoms. The highest BCUT2D eigenvalue weighted by molar-refractivity contribution is 9.10. The molecule has 0 radical (unpaired) electrons. The summed E-state index contributed by atoms with van der Waals surface area (Å²) in [4.78, 5) is 32.3. The number of hydrogen-bond donors (Lipinski definition) is 0. The van der Waals surface area contributed by atoms with Crippen LogP contribution >= 0.6 is 27.5 Å². The van der Waals surface area contributed by atoms with Gasteiger partial charge >= 0.3 is 0 Å². The summed E-state index contributed by atoms with van der Waals surface area (Å²) in [7, 11) is 0. The van der Waals surface area contributed by atoms with Gasteiger partial charge in [-0.25, -0.2) is 4.98 Å². The predicted octanol–water partition coefficient (Wildman–Crippen LogP) is 1.96. The number of carbonyl (C=O) groups excluding carboxylic acids is 2. The summed E-state index contributed by atoms with van der Waals surface area (Å²) in [5.41, 5.74) is 0.375. The van der Waals surface area contributed by atoms with Crippen molar-refractivity contribution in [1.29, 1.82) is 0 Å². The van der Waals surface area contributed by atoms with Crippen LogP contribution in [0.3, 0.4) is 0 Å². The van der Waals surface area contributed by atoms with Crippen molar-refractivity contribution in [2.45, 2.75) is 18.9 Å². The van der Waals surface area contributed by atoms with Gasteiger partial charge in [-0.3, -0.25) is 9.59 Å². The molecule has 1 unspecified atom stereocenters. The van der Waals surface area contributed by atoms with E-state index in [4.69, 9.17) is 16.3 Å². The number of carbonyl (C=O) groups is 2. The SMILES string of the molecule is O=C(c1cc(Br)cnc1Cl)N1CCN(C(=O)C2CCCO2)CC1. The summed E-state index contributed by atoms with van der Waals surface area (Å²) in [5, 5.41) is 0.191. The van der Waals surface area contributed by atoms with E-state index in [9.17, 15) is 9.59 Å². The Morgan fingerprint density at radius 2 is 1.96 bits per heavy atom. The Balaban J connectivity index is 1.61. The number of nitrogens with zero attached hydrogens (tertiary/aromatic N) is 3. The number of pyridine rings is 1. The van der Waals surface area contributed by atoms with E-state index in [2.05, 4.69) is 20.9 Å². The molecule has 1 aromatic heterocycles. The van der Waals surface area contributed by atoms with Crippen molar-refractivity contribution >= 4 is 39.3 Å². The van der Waals surface area contributed by atoms with E-state index in [1.165, 1.54) is 0 Å². The molecule has 6 nitrogen and oxygen atoms in total. The van der Waals surface area contributed by atoms with Crippen molar-refractivity contribution in [2.75, 3.05) is 32.8 Å². The Hall–Kier alpha value is -1.18. The maximum absolute atomic E-state index is 12.6. The molecule has 2 saturated heterocycles. The molecule has 0 aliphatic carbocycles. The highest BCUT2D eigenvalue weighted by Gasteiger charge is 2.31. The van der Waals surface area contributed by atoms with Gasteiger partial charge in [0, 0.05) is 43.5 Å². The fourth-order valence-electron chi connectivity index (χ4n) is 2.85. The lowest BCUT2D eigenvalue weighted by Gasteiger charge is -2.35. The number of hydrogen-bond acceptors (Lipinski definition) is 4. The Bertz CT molecular complexity index is 614. The summed E-state index contributed by atoms with van der Waals surface area (Å²) in [5.74, 6) is -0.121. The smallest absolute Gasteiger partial charge is 0.257 e. The van der Waals surface area contributed by atoms with Crippen LogP contribution in [-0.2, 0) is 9.53 Å². The number of rotatable bonds is 2. The highest BCUT2D eigenvalue weighted by atomic mass is 79.9. The van der Waals surface area contributed by atoms with Gasteiger partial charge in [-0.1, -0.05) is 11.6 Å². The predicted molar refractivity (Wildman–Crippen MR) is 88.4 cm³/mol. The van der Waals surface area contributed by atoms with E-state index in [0.29, 0.717) is 42.8 Å². The van der Waals surface area contributed by atoms with E-state index in [-0.39, 0.29) is 23.1 Å².